The quantitative estimate of drug-likeness (QED) is 0.594. The topological polar surface area (TPSA) is 121 Å². The number of aliphatic carboxylic acids is 1. The van der Waals surface area contributed by atoms with Crippen LogP contribution in [0.3, 0.4) is 0 Å². The Kier molecular flexibility index (Phi) is 8.02. The normalized spacial score (nSPS) is 21.3. The van der Waals surface area contributed by atoms with Crippen LogP contribution in [0.15, 0.2) is 30.5 Å². The van der Waals surface area contributed by atoms with E-state index in [9.17, 15) is 9.59 Å². The van der Waals surface area contributed by atoms with Gasteiger partial charge in [-0.25, -0.2) is 9.78 Å². The first-order valence-electron chi connectivity index (χ1n) is 11.8. The monoisotopic (exact) mass is 468 g/mol. The van der Waals surface area contributed by atoms with E-state index in [4.69, 9.17) is 14.8 Å². The van der Waals surface area contributed by atoms with E-state index in [0.717, 1.165) is 63.1 Å². The Hall–Kier alpha value is -3.11. The molecule has 0 spiro atoms. The van der Waals surface area contributed by atoms with Crippen LogP contribution in [0.4, 0.5) is 5.95 Å². The molecule has 2 aliphatic rings. The van der Waals surface area contributed by atoms with E-state index in [2.05, 4.69) is 44.4 Å². The smallest absolute Gasteiger partial charge is 0.329 e. The van der Waals surface area contributed by atoms with Gasteiger partial charge in [-0.05, 0) is 32.6 Å². The van der Waals surface area contributed by atoms with E-state index >= 15 is 0 Å². The van der Waals surface area contributed by atoms with E-state index in [0.29, 0.717) is 12.5 Å². The first-order chi connectivity index (χ1) is 16.5. The summed E-state index contributed by atoms with van der Waals surface area (Å²) in [7, 11) is 0. The van der Waals surface area contributed by atoms with Crippen molar-refractivity contribution in [1.82, 2.24) is 25.4 Å². The van der Waals surface area contributed by atoms with Crippen LogP contribution in [0.1, 0.15) is 31.2 Å². The molecule has 2 aromatic rings. The second-order valence-corrected chi connectivity index (χ2v) is 9.02. The number of rotatable bonds is 8. The fourth-order valence-corrected chi connectivity index (χ4v) is 4.44. The molecule has 2 N–H and O–H groups in total. The van der Waals surface area contributed by atoms with Crippen LogP contribution in [-0.4, -0.2) is 88.5 Å². The number of benzene rings is 1. The number of carboxylic acid groups (broad SMARTS) is 1. The Morgan fingerprint density at radius 2 is 1.79 bits per heavy atom. The van der Waals surface area contributed by atoms with Crippen LogP contribution in [-0.2, 0) is 14.3 Å². The minimum atomic E-state index is -0.947. The number of nitrogens with one attached hydrogen (secondary N) is 1. The molecule has 4 rings (SSSR count). The maximum absolute atomic E-state index is 12.5. The van der Waals surface area contributed by atoms with Gasteiger partial charge in [-0.15, -0.1) is 5.10 Å². The molecule has 1 amide bonds. The lowest BCUT2D eigenvalue weighted by molar-refractivity contribution is -0.145. The Morgan fingerprint density at radius 1 is 1.09 bits per heavy atom. The molecule has 1 saturated heterocycles. The SMILES string of the molecule is Cc1ccc(-c2cnnc(N3CCN(CC(=O)NC4CCC(OCC(=O)O)CC4)CC3)n2)cc1. The molecule has 0 unspecified atom stereocenters. The van der Waals surface area contributed by atoms with Crippen LogP contribution in [0, 0.1) is 6.92 Å². The number of carbonyl (C=O) groups excluding carboxylic acids is 1. The van der Waals surface area contributed by atoms with Crippen molar-refractivity contribution in [2.45, 2.75) is 44.8 Å². The van der Waals surface area contributed by atoms with Crippen molar-refractivity contribution in [3.05, 3.63) is 36.0 Å². The average molecular weight is 469 g/mol. The standard InChI is InChI=1S/C24H32N6O4/c1-17-2-4-18(5-3-17)21-14-25-28-24(27-21)30-12-10-29(11-13-30)15-22(31)26-19-6-8-20(9-7-19)34-16-23(32)33/h2-5,14,19-20H,6-13,15-16H2,1H3,(H,26,31)(H,32,33). The molecule has 1 saturated carbocycles. The van der Waals surface area contributed by atoms with Crippen LogP contribution >= 0.6 is 0 Å². The number of nitrogens with zero attached hydrogens (tertiary/aromatic N) is 5. The molecule has 0 radical (unpaired) electrons. The van der Waals surface area contributed by atoms with Gasteiger partial charge in [0.05, 0.1) is 24.5 Å². The largest absolute Gasteiger partial charge is 0.480 e. The number of hydrogen-bond donors (Lipinski definition) is 2. The molecule has 0 bridgehead atoms. The molecule has 10 nitrogen and oxygen atoms in total. The Labute approximate surface area is 199 Å². The van der Waals surface area contributed by atoms with E-state index < -0.39 is 5.97 Å². The minimum absolute atomic E-state index is 0.0291. The van der Waals surface area contributed by atoms with Crippen LogP contribution in [0.2, 0.25) is 0 Å². The predicted molar refractivity (Wildman–Crippen MR) is 126 cm³/mol. The predicted octanol–water partition coefficient (Wildman–Crippen LogP) is 1.50. The zero-order valence-corrected chi connectivity index (χ0v) is 19.5. The molecule has 2 heterocycles. The second kappa shape index (κ2) is 11.3. The van der Waals surface area contributed by atoms with Gasteiger partial charge in [0.15, 0.2) is 0 Å². The molecule has 1 aromatic carbocycles. The summed E-state index contributed by atoms with van der Waals surface area (Å²) >= 11 is 0. The molecule has 182 valence electrons. The van der Waals surface area contributed by atoms with Crippen molar-refractivity contribution >= 4 is 17.8 Å². The highest BCUT2D eigenvalue weighted by Crippen LogP contribution is 2.22. The Morgan fingerprint density at radius 3 is 2.47 bits per heavy atom. The van der Waals surface area contributed by atoms with Crippen molar-refractivity contribution in [1.29, 1.82) is 0 Å². The van der Waals surface area contributed by atoms with E-state index in [1.165, 1.54) is 5.56 Å². The van der Waals surface area contributed by atoms with Gasteiger partial charge < -0.3 is 20.1 Å². The van der Waals surface area contributed by atoms with Gasteiger partial charge in [-0.2, -0.15) is 5.10 Å². The lowest BCUT2D eigenvalue weighted by Crippen LogP contribution is -2.51. The summed E-state index contributed by atoms with van der Waals surface area (Å²) in [5.41, 5.74) is 3.01. The van der Waals surface area contributed by atoms with Gasteiger partial charge in [0.1, 0.15) is 6.61 Å². The van der Waals surface area contributed by atoms with Crippen molar-refractivity contribution in [2.75, 3.05) is 44.2 Å². The average Bonchev–Trinajstić information content (AvgIpc) is 2.84. The van der Waals surface area contributed by atoms with Crippen LogP contribution < -0.4 is 10.2 Å². The number of ether oxygens (including phenoxy) is 1. The fourth-order valence-electron chi connectivity index (χ4n) is 4.44. The summed E-state index contributed by atoms with van der Waals surface area (Å²) in [5.74, 6) is -0.302. The first-order valence-corrected chi connectivity index (χ1v) is 11.8. The summed E-state index contributed by atoms with van der Waals surface area (Å²) in [6.07, 6.45) is 4.81. The van der Waals surface area contributed by atoms with E-state index in [-0.39, 0.29) is 24.7 Å². The molecular formula is C24H32N6O4. The summed E-state index contributed by atoms with van der Waals surface area (Å²) < 4.78 is 5.36. The second-order valence-electron chi connectivity index (χ2n) is 9.02. The third-order valence-electron chi connectivity index (χ3n) is 6.40. The molecule has 1 aromatic heterocycles. The van der Waals surface area contributed by atoms with Crippen molar-refractivity contribution in [3.63, 3.8) is 0 Å². The van der Waals surface area contributed by atoms with Crippen molar-refractivity contribution in [3.8, 4) is 11.3 Å². The van der Waals surface area contributed by atoms with Gasteiger partial charge in [-0.3, -0.25) is 9.69 Å². The Bertz CT molecular complexity index is 970. The molecule has 34 heavy (non-hydrogen) atoms. The number of anilines is 1. The molecule has 10 heteroatoms. The lowest BCUT2D eigenvalue weighted by Gasteiger charge is -2.34. The van der Waals surface area contributed by atoms with Gasteiger partial charge in [-0.1, -0.05) is 29.8 Å². The van der Waals surface area contributed by atoms with Gasteiger partial charge in [0, 0.05) is 37.8 Å². The molecule has 1 aliphatic carbocycles. The number of aryl methyl sites for hydroxylation is 1. The molecule has 0 atom stereocenters. The third-order valence-corrected chi connectivity index (χ3v) is 6.40. The summed E-state index contributed by atoms with van der Waals surface area (Å²) in [6, 6.07) is 8.31. The lowest BCUT2D eigenvalue weighted by atomic mass is 9.93. The third kappa shape index (κ3) is 6.71. The van der Waals surface area contributed by atoms with Gasteiger partial charge in [0.2, 0.25) is 11.9 Å². The number of hydrogen-bond acceptors (Lipinski definition) is 8. The maximum Gasteiger partial charge on any atom is 0.329 e. The fraction of sp³-hybridized carbons (Fsp3) is 0.542. The zero-order valence-electron chi connectivity index (χ0n) is 19.5. The molecule has 2 fully saturated rings. The Balaban J connectivity index is 1.20. The van der Waals surface area contributed by atoms with Gasteiger partial charge in [0.25, 0.3) is 0 Å². The maximum atomic E-state index is 12.5. The van der Waals surface area contributed by atoms with Crippen molar-refractivity contribution in [2.24, 2.45) is 0 Å². The summed E-state index contributed by atoms with van der Waals surface area (Å²) in [4.78, 5) is 32.1. The van der Waals surface area contributed by atoms with E-state index in [1.807, 2.05) is 12.1 Å². The summed E-state index contributed by atoms with van der Waals surface area (Å²) in [5, 5.41) is 20.2. The highest BCUT2D eigenvalue weighted by atomic mass is 16.5. The molecule has 1 aliphatic heterocycles. The van der Waals surface area contributed by atoms with Gasteiger partial charge >= 0.3 is 5.97 Å². The number of carboxylic acids is 1. The zero-order chi connectivity index (χ0) is 23.9. The first kappa shape index (κ1) is 24.0. The summed E-state index contributed by atoms with van der Waals surface area (Å²) in [6.45, 7) is 5.13. The minimum Gasteiger partial charge on any atom is -0.480 e. The number of amides is 1. The highest BCUT2D eigenvalue weighted by Gasteiger charge is 2.25. The van der Waals surface area contributed by atoms with Crippen LogP contribution in [0.5, 0.6) is 0 Å². The number of aromatic nitrogens is 3. The highest BCUT2D eigenvalue weighted by molar-refractivity contribution is 5.78. The van der Waals surface area contributed by atoms with Crippen molar-refractivity contribution < 1.29 is 19.4 Å². The molecular weight excluding hydrogens is 436 g/mol. The number of piperazine rings is 1. The van der Waals surface area contributed by atoms with E-state index in [1.54, 1.807) is 6.20 Å². The number of carbonyl (C=O) groups is 2. The van der Waals surface area contributed by atoms with Crippen LogP contribution in [0.25, 0.3) is 11.3 Å².